The maximum atomic E-state index is 3.57. The van der Waals surface area contributed by atoms with E-state index >= 15 is 0 Å². The van der Waals surface area contributed by atoms with Crippen LogP contribution in [-0.2, 0) is 0 Å². The van der Waals surface area contributed by atoms with Crippen molar-refractivity contribution >= 4 is 11.4 Å². The summed E-state index contributed by atoms with van der Waals surface area (Å²) >= 11 is 0. The molecule has 0 fully saturated rings. The molecule has 1 heterocycles. The monoisotopic (exact) mass is 190 g/mol. The molecule has 2 N–H and O–H groups in total. The minimum absolute atomic E-state index is 0.546. The molecule has 0 radical (unpaired) electrons. The summed E-state index contributed by atoms with van der Waals surface area (Å²) < 4.78 is 0. The molecule has 0 aromatic heterocycles. The fraction of sp³-hybridized carbons (Fsp3) is 0.500. The number of fused-ring (bicyclic) bond motifs is 1. The Morgan fingerprint density at radius 2 is 2.07 bits per heavy atom. The standard InChI is InChI=1S/C12H18N2/c1-8(2)12-7-13-10-5-4-9(3)6-11(10)14-12/h4-6,8,12-14H,7H2,1-3H3. The number of aryl methyl sites for hydroxylation is 1. The van der Waals surface area contributed by atoms with Crippen molar-refractivity contribution in [2.45, 2.75) is 26.8 Å². The fourth-order valence-electron chi connectivity index (χ4n) is 1.80. The quantitative estimate of drug-likeness (QED) is 0.711. The van der Waals surface area contributed by atoms with Gasteiger partial charge in [-0.05, 0) is 30.5 Å². The zero-order valence-corrected chi connectivity index (χ0v) is 9.09. The third-order valence-electron chi connectivity index (χ3n) is 2.83. The molecule has 2 rings (SSSR count). The van der Waals surface area contributed by atoms with Crippen LogP contribution in [0.2, 0.25) is 0 Å². The van der Waals surface area contributed by atoms with Gasteiger partial charge in [0.05, 0.1) is 11.4 Å². The molecule has 14 heavy (non-hydrogen) atoms. The van der Waals surface area contributed by atoms with E-state index in [9.17, 15) is 0 Å². The van der Waals surface area contributed by atoms with Gasteiger partial charge in [0.1, 0.15) is 0 Å². The Balaban J connectivity index is 2.24. The lowest BCUT2D eigenvalue weighted by Crippen LogP contribution is -2.36. The number of hydrogen-bond acceptors (Lipinski definition) is 2. The van der Waals surface area contributed by atoms with Crippen LogP contribution < -0.4 is 10.6 Å². The van der Waals surface area contributed by atoms with Crippen LogP contribution in [0.3, 0.4) is 0 Å². The van der Waals surface area contributed by atoms with Gasteiger partial charge in [0.2, 0.25) is 0 Å². The lowest BCUT2D eigenvalue weighted by Gasteiger charge is -2.31. The molecular formula is C12H18N2. The maximum absolute atomic E-state index is 3.57. The second-order valence-corrected chi connectivity index (χ2v) is 4.42. The van der Waals surface area contributed by atoms with Gasteiger partial charge in [0.25, 0.3) is 0 Å². The van der Waals surface area contributed by atoms with E-state index in [2.05, 4.69) is 49.6 Å². The molecule has 1 atom stereocenters. The Hall–Kier alpha value is -1.18. The highest BCUT2D eigenvalue weighted by molar-refractivity contribution is 5.72. The van der Waals surface area contributed by atoms with E-state index in [1.165, 1.54) is 16.9 Å². The number of nitrogens with one attached hydrogen (secondary N) is 2. The molecule has 0 saturated heterocycles. The smallest absolute Gasteiger partial charge is 0.0581 e. The Bertz CT molecular complexity index is 331. The van der Waals surface area contributed by atoms with Gasteiger partial charge in [0.15, 0.2) is 0 Å². The maximum Gasteiger partial charge on any atom is 0.0581 e. The van der Waals surface area contributed by atoms with Crippen LogP contribution in [0.25, 0.3) is 0 Å². The predicted molar refractivity (Wildman–Crippen MR) is 61.9 cm³/mol. The first-order chi connectivity index (χ1) is 6.66. The summed E-state index contributed by atoms with van der Waals surface area (Å²) in [6.45, 7) is 7.65. The molecule has 2 heteroatoms. The van der Waals surface area contributed by atoms with Gasteiger partial charge in [-0.2, -0.15) is 0 Å². The summed E-state index contributed by atoms with van der Waals surface area (Å²) in [4.78, 5) is 0. The molecule has 0 saturated carbocycles. The second kappa shape index (κ2) is 3.52. The van der Waals surface area contributed by atoms with Gasteiger partial charge in [-0.3, -0.25) is 0 Å². The molecule has 1 aliphatic rings. The largest absolute Gasteiger partial charge is 0.381 e. The topological polar surface area (TPSA) is 24.1 Å². The lowest BCUT2D eigenvalue weighted by molar-refractivity contribution is 0.536. The highest BCUT2D eigenvalue weighted by Gasteiger charge is 2.19. The molecule has 0 spiro atoms. The zero-order chi connectivity index (χ0) is 10.1. The summed E-state index contributed by atoms with van der Waals surface area (Å²) in [5.74, 6) is 0.663. The average molecular weight is 190 g/mol. The average Bonchev–Trinajstić information content (AvgIpc) is 2.16. The van der Waals surface area contributed by atoms with Crippen LogP contribution in [0.4, 0.5) is 11.4 Å². The summed E-state index contributed by atoms with van der Waals surface area (Å²) in [6, 6.07) is 7.04. The van der Waals surface area contributed by atoms with E-state index in [1.807, 2.05) is 0 Å². The fourth-order valence-corrected chi connectivity index (χ4v) is 1.80. The minimum atomic E-state index is 0.546. The van der Waals surface area contributed by atoms with Crippen LogP contribution >= 0.6 is 0 Å². The van der Waals surface area contributed by atoms with E-state index in [4.69, 9.17) is 0 Å². The number of benzene rings is 1. The first kappa shape index (κ1) is 9.38. The Morgan fingerprint density at radius 3 is 2.79 bits per heavy atom. The van der Waals surface area contributed by atoms with Crippen LogP contribution in [0, 0.1) is 12.8 Å². The lowest BCUT2D eigenvalue weighted by atomic mass is 10.0. The van der Waals surface area contributed by atoms with Crippen LogP contribution in [-0.4, -0.2) is 12.6 Å². The molecule has 0 bridgehead atoms. The van der Waals surface area contributed by atoms with Gasteiger partial charge in [-0.15, -0.1) is 0 Å². The van der Waals surface area contributed by atoms with Crippen molar-refractivity contribution < 1.29 is 0 Å². The van der Waals surface area contributed by atoms with Crippen molar-refractivity contribution in [1.82, 2.24) is 0 Å². The van der Waals surface area contributed by atoms with Crippen molar-refractivity contribution in [2.24, 2.45) is 5.92 Å². The SMILES string of the molecule is Cc1ccc2c(c1)NC(C(C)C)CN2. The van der Waals surface area contributed by atoms with Crippen LogP contribution in [0.1, 0.15) is 19.4 Å². The van der Waals surface area contributed by atoms with Crippen molar-refractivity contribution in [1.29, 1.82) is 0 Å². The molecule has 0 amide bonds. The van der Waals surface area contributed by atoms with Crippen LogP contribution in [0.5, 0.6) is 0 Å². The zero-order valence-electron chi connectivity index (χ0n) is 9.09. The van der Waals surface area contributed by atoms with Gasteiger partial charge in [-0.1, -0.05) is 19.9 Å². The summed E-state index contributed by atoms with van der Waals surface area (Å²) in [5.41, 5.74) is 3.78. The molecule has 1 unspecified atom stereocenters. The van der Waals surface area contributed by atoms with Crippen molar-refractivity contribution in [3.63, 3.8) is 0 Å². The van der Waals surface area contributed by atoms with Crippen LogP contribution in [0.15, 0.2) is 18.2 Å². The summed E-state index contributed by atoms with van der Waals surface area (Å²) in [7, 11) is 0. The summed E-state index contributed by atoms with van der Waals surface area (Å²) in [6.07, 6.45) is 0. The molecule has 1 aliphatic heterocycles. The Labute approximate surface area is 85.7 Å². The van der Waals surface area contributed by atoms with E-state index in [-0.39, 0.29) is 0 Å². The van der Waals surface area contributed by atoms with Gasteiger partial charge in [0, 0.05) is 12.6 Å². The Kier molecular flexibility index (Phi) is 2.36. The first-order valence-corrected chi connectivity index (χ1v) is 5.28. The molecule has 76 valence electrons. The molecule has 2 nitrogen and oxygen atoms in total. The van der Waals surface area contributed by atoms with Gasteiger partial charge < -0.3 is 10.6 Å². The first-order valence-electron chi connectivity index (χ1n) is 5.28. The predicted octanol–water partition coefficient (Wildman–Crippen LogP) is 2.86. The normalized spacial score (nSPS) is 19.9. The van der Waals surface area contributed by atoms with Crippen molar-refractivity contribution in [2.75, 3.05) is 17.2 Å². The van der Waals surface area contributed by atoms with Crippen molar-refractivity contribution in [3.8, 4) is 0 Å². The van der Waals surface area contributed by atoms with E-state index in [0.717, 1.165) is 6.54 Å². The second-order valence-electron chi connectivity index (χ2n) is 4.42. The third kappa shape index (κ3) is 1.69. The third-order valence-corrected chi connectivity index (χ3v) is 2.83. The molecule has 1 aromatic carbocycles. The van der Waals surface area contributed by atoms with E-state index < -0.39 is 0 Å². The van der Waals surface area contributed by atoms with E-state index in [0.29, 0.717) is 12.0 Å². The van der Waals surface area contributed by atoms with E-state index in [1.54, 1.807) is 0 Å². The van der Waals surface area contributed by atoms with Crippen molar-refractivity contribution in [3.05, 3.63) is 23.8 Å². The summed E-state index contributed by atoms with van der Waals surface area (Å²) in [5, 5.41) is 7.03. The molecular weight excluding hydrogens is 172 g/mol. The molecule has 1 aromatic rings. The highest BCUT2D eigenvalue weighted by Crippen LogP contribution is 2.28. The van der Waals surface area contributed by atoms with Gasteiger partial charge >= 0.3 is 0 Å². The number of anilines is 2. The Morgan fingerprint density at radius 1 is 1.29 bits per heavy atom. The number of rotatable bonds is 1. The van der Waals surface area contributed by atoms with Gasteiger partial charge in [-0.25, -0.2) is 0 Å². The highest BCUT2D eigenvalue weighted by atomic mass is 15.1. The molecule has 0 aliphatic carbocycles. The number of hydrogen-bond donors (Lipinski definition) is 2. The minimum Gasteiger partial charge on any atom is -0.381 e.